The summed E-state index contributed by atoms with van der Waals surface area (Å²) in [6.45, 7) is 1.85. The summed E-state index contributed by atoms with van der Waals surface area (Å²) < 4.78 is 0. The van der Waals surface area contributed by atoms with Crippen LogP contribution in [0, 0.1) is 0 Å². The SMILES string of the molecule is CC(=NNC(=O)c1ccc(Cl)cc1)c1ccc2cc[nH]c2c1. The lowest BCUT2D eigenvalue weighted by Gasteiger charge is -2.04. The van der Waals surface area contributed by atoms with Crippen LogP contribution >= 0.6 is 11.6 Å². The number of nitrogens with one attached hydrogen (secondary N) is 2. The largest absolute Gasteiger partial charge is 0.361 e. The Morgan fingerprint density at radius 2 is 1.82 bits per heavy atom. The van der Waals surface area contributed by atoms with Crippen molar-refractivity contribution in [3.63, 3.8) is 0 Å². The zero-order chi connectivity index (χ0) is 15.5. The van der Waals surface area contributed by atoms with Gasteiger partial charge in [0, 0.05) is 22.3 Å². The molecule has 0 aliphatic rings. The molecule has 0 saturated heterocycles. The van der Waals surface area contributed by atoms with Gasteiger partial charge in [-0.3, -0.25) is 4.79 Å². The molecule has 0 bridgehead atoms. The van der Waals surface area contributed by atoms with Crippen LogP contribution in [0.1, 0.15) is 22.8 Å². The minimum Gasteiger partial charge on any atom is -0.361 e. The molecule has 2 N–H and O–H groups in total. The summed E-state index contributed by atoms with van der Waals surface area (Å²) in [5.74, 6) is -0.267. The summed E-state index contributed by atoms with van der Waals surface area (Å²) >= 11 is 5.80. The molecule has 2 aromatic carbocycles. The molecular formula is C17H14ClN3O. The van der Waals surface area contributed by atoms with Crippen molar-refractivity contribution in [2.45, 2.75) is 6.92 Å². The molecule has 3 rings (SSSR count). The normalized spacial score (nSPS) is 11.6. The van der Waals surface area contributed by atoms with E-state index in [0.29, 0.717) is 10.6 Å². The minimum atomic E-state index is -0.267. The number of rotatable bonds is 3. The van der Waals surface area contributed by atoms with E-state index in [1.807, 2.05) is 37.4 Å². The van der Waals surface area contributed by atoms with Crippen LogP contribution in [0.25, 0.3) is 10.9 Å². The maximum absolute atomic E-state index is 12.0. The molecule has 3 aromatic rings. The molecule has 1 aromatic heterocycles. The molecule has 0 saturated carbocycles. The molecule has 0 radical (unpaired) electrons. The summed E-state index contributed by atoms with van der Waals surface area (Å²) in [5.41, 5.74) is 5.79. The van der Waals surface area contributed by atoms with Crippen molar-refractivity contribution in [3.8, 4) is 0 Å². The third kappa shape index (κ3) is 3.02. The molecule has 0 aliphatic heterocycles. The number of hydrogen-bond donors (Lipinski definition) is 2. The molecule has 0 unspecified atom stereocenters. The first-order valence-electron chi connectivity index (χ1n) is 6.81. The van der Waals surface area contributed by atoms with Gasteiger partial charge in [0.15, 0.2) is 0 Å². The Bertz CT molecular complexity index is 850. The summed E-state index contributed by atoms with van der Waals surface area (Å²) in [7, 11) is 0. The second kappa shape index (κ2) is 6.03. The predicted molar refractivity (Wildman–Crippen MR) is 89.4 cm³/mol. The van der Waals surface area contributed by atoms with Crippen molar-refractivity contribution in [2.24, 2.45) is 5.10 Å². The molecule has 4 nitrogen and oxygen atoms in total. The highest BCUT2D eigenvalue weighted by molar-refractivity contribution is 6.30. The Hall–Kier alpha value is -2.59. The van der Waals surface area contributed by atoms with Gasteiger partial charge in [0.1, 0.15) is 0 Å². The zero-order valence-electron chi connectivity index (χ0n) is 11.9. The van der Waals surface area contributed by atoms with E-state index in [-0.39, 0.29) is 5.91 Å². The van der Waals surface area contributed by atoms with E-state index in [4.69, 9.17) is 11.6 Å². The Morgan fingerprint density at radius 1 is 1.09 bits per heavy atom. The highest BCUT2D eigenvalue weighted by Gasteiger charge is 2.05. The summed E-state index contributed by atoms with van der Waals surface area (Å²) in [4.78, 5) is 15.2. The first-order valence-corrected chi connectivity index (χ1v) is 7.19. The van der Waals surface area contributed by atoms with E-state index in [0.717, 1.165) is 22.2 Å². The highest BCUT2D eigenvalue weighted by Crippen LogP contribution is 2.15. The van der Waals surface area contributed by atoms with Crippen molar-refractivity contribution in [1.82, 2.24) is 10.4 Å². The lowest BCUT2D eigenvalue weighted by atomic mass is 10.1. The Kier molecular flexibility index (Phi) is 3.94. The fraction of sp³-hybridized carbons (Fsp3) is 0.0588. The molecule has 0 spiro atoms. The van der Waals surface area contributed by atoms with Crippen LogP contribution in [0.5, 0.6) is 0 Å². The van der Waals surface area contributed by atoms with Gasteiger partial charge in [0.05, 0.1) is 5.71 Å². The van der Waals surface area contributed by atoms with E-state index in [2.05, 4.69) is 15.5 Å². The van der Waals surface area contributed by atoms with Gasteiger partial charge >= 0.3 is 0 Å². The molecule has 0 fully saturated rings. The van der Waals surface area contributed by atoms with Gasteiger partial charge < -0.3 is 4.98 Å². The van der Waals surface area contributed by atoms with Gasteiger partial charge in [-0.25, -0.2) is 5.43 Å². The zero-order valence-corrected chi connectivity index (χ0v) is 12.7. The van der Waals surface area contributed by atoms with E-state index < -0.39 is 0 Å². The van der Waals surface area contributed by atoms with Gasteiger partial charge in [0.25, 0.3) is 5.91 Å². The van der Waals surface area contributed by atoms with Crippen LogP contribution in [0.2, 0.25) is 5.02 Å². The number of nitrogens with zero attached hydrogens (tertiary/aromatic N) is 1. The molecule has 5 heteroatoms. The lowest BCUT2D eigenvalue weighted by Crippen LogP contribution is -2.19. The molecule has 1 heterocycles. The number of aromatic nitrogens is 1. The second-order valence-electron chi connectivity index (χ2n) is 4.92. The number of carbonyl (C=O) groups is 1. The van der Waals surface area contributed by atoms with Crippen molar-refractivity contribution in [1.29, 1.82) is 0 Å². The minimum absolute atomic E-state index is 0.267. The number of H-pyrrole nitrogens is 1. The smallest absolute Gasteiger partial charge is 0.271 e. The quantitative estimate of drug-likeness (QED) is 0.558. The van der Waals surface area contributed by atoms with E-state index in [1.165, 1.54) is 0 Å². The van der Waals surface area contributed by atoms with Gasteiger partial charge in [0.2, 0.25) is 0 Å². The Morgan fingerprint density at radius 3 is 2.59 bits per heavy atom. The number of fused-ring (bicyclic) bond motifs is 1. The number of carbonyl (C=O) groups excluding carboxylic acids is 1. The average molecular weight is 312 g/mol. The molecule has 1 amide bonds. The number of benzene rings is 2. The maximum Gasteiger partial charge on any atom is 0.271 e. The monoisotopic (exact) mass is 311 g/mol. The second-order valence-corrected chi connectivity index (χ2v) is 5.36. The number of amides is 1. The van der Waals surface area contributed by atoms with Crippen LogP contribution in [0.15, 0.2) is 59.8 Å². The fourth-order valence-corrected chi connectivity index (χ4v) is 2.26. The predicted octanol–water partition coefficient (Wildman–Crippen LogP) is 3.98. The standard InChI is InChI=1S/C17H14ClN3O/c1-11(14-3-2-12-8-9-19-16(12)10-14)20-21-17(22)13-4-6-15(18)7-5-13/h2-10,19H,1H3,(H,21,22). The fourth-order valence-electron chi connectivity index (χ4n) is 2.14. The number of aromatic amines is 1. The topological polar surface area (TPSA) is 57.2 Å². The first kappa shape index (κ1) is 14.4. The van der Waals surface area contributed by atoms with Crippen molar-refractivity contribution in [3.05, 3.63) is 70.9 Å². The third-order valence-corrected chi connectivity index (χ3v) is 3.66. The third-order valence-electron chi connectivity index (χ3n) is 3.40. The molecule has 22 heavy (non-hydrogen) atoms. The van der Waals surface area contributed by atoms with Crippen LogP contribution in [0.4, 0.5) is 0 Å². The average Bonchev–Trinajstić information content (AvgIpc) is 3.00. The Balaban J connectivity index is 1.76. The van der Waals surface area contributed by atoms with Crippen LogP contribution in [0.3, 0.4) is 0 Å². The van der Waals surface area contributed by atoms with Gasteiger partial charge in [-0.2, -0.15) is 5.10 Å². The van der Waals surface area contributed by atoms with E-state index >= 15 is 0 Å². The summed E-state index contributed by atoms with van der Waals surface area (Å²) in [5, 5.41) is 5.89. The summed E-state index contributed by atoms with van der Waals surface area (Å²) in [6.07, 6.45) is 1.89. The maximum atomic E-state index is 12.0. The van der Waals surface area contributed by atoms with Gasteiger partial charge in [-0.1, -0.05) is 23.7 Å². The molecule has 110 valence electrons. The first-order chi connectivity index (χ1) is 10.6. The number of hydrogen-bond acceptors (Lipinski definition) is 2. The summed E-state index contributed by atoms with van der Waals surface area (Å²) in [6, 6.07) is 14.7. The molecular weight excluding hydrogens is 298 g/mol. The lowest BCUT2D eigenvalue weighted by molar-refractivity contribution is 0.0955. The number of hydrazone groups is 1. The highest BCUT2D eigenvalue weighted by atomic mass is 35.5. The molecule has 0 aliphatic carbocycles. The van der Waals surface area contributed by atoms with Crippen LogP contribution < -0.4 is 5.43 Å². The van der Waals surface area contributed by atoms with Crippen LogP contribution in [-0.4, -0.2) is 16.6 Å². The van der Waals surface area contributed by atoms with Gasteiger partial charge in [-0.05, 0) is 54.3 Å². The van der Waals surface area contributed by atoms with Crippen molar-refractivity contribution in [2.75, 3.05) is 0 Å². The van der Waals surface area contributed by atoms with Gasteiger partial charge in [-0.15, -0.1) is 0 Å². The van der Waals surface area contributed by atoms with Crippen molar-refractivity contribution >= 4 is 34.1 Å². The van der Waals surface area contributed by atoms with Crippen LogP contribution in [-0.2, 0) is 0 Å². The van der Waals surface area contributed by atoms with E-state index in [9.17, 15) is 4.79 Å². The molecule has 0 atom stereocenters. The van der Waals surface area contributed by atoms with Crippen molar-refractivity contribution < 1.29 is 4.79 Å². The number of halogens is 1. The Labute approximate surface area is 132 Å². The van der Waals surface area contributed by atoms with E-state index in [1.54, 1.807) is 24.3 Å².